The zero-order valence-electron chi connectivity index (χ0n) is 18.3. The maximum Gasteiger partial charge on any atom is 0.0832 e. The zero-order chi connectivity index (χ0) is 19.4. The minimum atomic E-state index is -0.235. The van der Waals surface area contributed by atoms with Gasteiger partial charge in [0, 0.05) is 69.0 Å². The lowest BCUT2D eigenvalue weighted by Crippen LogP contribution is -2.56. The Morgan fingerprint density at radius 3 is 2.08 bits per heavy atom. The second-order valence-corrected chi connectivity index (χ2v) is 9.39. The molecule has 0 radical (unpaired) electrons. The number of aliphatic hydroxyl groups excluding tert-OH is 1. The fourth-order valence-corrected chi connectivity index (χ4v) is 4.63. The van der Waals surface area contributed by atoms with E-state index < -0.39 is 0 Å². The molecule has 26 heavy (non-hydrogen) atoms. The quantitative estimate of drug-likeness (QED) is 0.686. The van der Waals surface area contributed by atoms with Gasteiger partial charge in [-0.05, 0) is 61.3 Å². The Kier molecular flexibility index (Phi) is 8.35. The fourth-order valence-electron chi connectivity index (χ4n) is 4.63. The Bertz CT molecular complexity index is 417. The van der Waals surface area contributed by atoms with Crippen molar-refractivity contribution in [2.75, 3.05) is 32.7 Å². The van der Waals surface area contributed by atoms with Crippen LogP contribution >= 0.6 is 0 Å². The molecule has 5 atom stereocenters. The van der Waals surface area contributed by atoms with E-state index in [9.17, 15) is 5.11 Å². The number of hydrogen-bond acceptors (Lipinski definition) is 5. The van der Waals surface area contributed by atoms with E-state index in [1.165, 1.54) is 32.5 Å². The van der Waals surface area contributed by atoms with Crippen LogP contribution in [-0.2, 0) is 0 Å². The second-order valence-electron chi connectivity index (χ2n) is 9.39. The van der Waals surface area contributed by atoms with Crippen molar-refractivity contribution < 1.29 is 5.11 Å². The Balaban J connectivity index is 1.72. The van der Waals surface area contributed by atoms with Gasteiger partial charge in [-0.3, -0.25) is 14.7 Å². The van der Waals surface area contributed by atoms with Crippen molar-refractivity contribution in [3.63, 3.8) is 0 Å². The molecule has 3 unspecified atom stereocenters. The number of likely N-dealkylation sites (tertiary alicyclic amines) is 1. The van der Waals surface area contributed by atoms with Gasteiger partial charge in [-0.2, -0.15) is 0 Å². The molecule has 2 saturated heterocycles. The van der Waals surface area contributed by atoms with E-state index in [2.05, 4.69) is 68.5 Å². The van der Waals surface area contributed by atoms with Gasteiger partial charge in [0.2, 0.25) is 0 Å². The van der Waals surface area contributed by atoms with Crippen LogP contribution in [0.25, 0.3) is 0 Å². The molecule has 0 amide bonds. The van der Waals surface area contributed by atoms with Crippen molar-refractivity contribution in [1.82, 2.24) is 20.0 Å². The van der Waals surface area contributed by atoms with Gasteiger partial charge < -0.3 is 10.4 Å². The lowest BCUT2D eigenvalue weighted by atomic mass is 10.0. The van der Waals surface area contributed by atoms with Crippen LogP contribution in [0.15, 0.2) is 0 Å². The SMILES string of the molecule is CC(CCC(C)N1CCN(C(C)C)CC1C)N[C@H]1CN(C(C)C)C[C@@H]1O. The van der Waals surface area contributed by atoms with Crippen molar-refractivity contribution in [3.8, 4) is 0 Å². The highest BCUT2D eigenvalue weighted by molar-refractivity contribution is 4.92. The molecule has 5 nitrogen and oxygen atoms in total. The summed E-state index contributed by atoms with van der Waals surface area (Å²) in [4.78, 5) is 7.66. The summed E-state index contributed by atoms with van der Waals surface area (Å²) in [6.07, 6.45) is 2.15. The molecular weight excluding hydrogens is 324 g/mol. The van der Waals surface area contributed by atoms with Gasteiger partial charge in [-0.15, -0.1) is 0 Å². The van der Waals surface area contributed by atoms with E-state index in [1.54, 1.807) is 0 Å². The molecule has 2 N–H and O–H groups in total. The van der Waals surface area contributed by atoms with E-state index >= 15 is 0 Å². The minimum Gasteiger partial charge on any atom is -0.390 e. The molecule has 0 aliphatic carbocycles. The Hall–Kier alpha value is -0.200. The first-order chi connectivity index (χ1) is 12.2. The number of piperazine rings is 1. The molecule has 2 heterocycles. The Morgan fingerprint density at radius 2 is 1.54 bits per heavy atom. The summed E-state index contributed by atoms with van der Waals surface area (Å²) >= 11 is 0. The maximum absolute atomic E-state index is 10.3. The smallest absolute Gasteiger partial charge is 0.0832 e. The van der Waals surface area contributed by atoms with E-state index in [4.69, 9.17) is 0 Å². The van der Waals surface area contributed by atoms with Crippen LogP contribution in [0.1, 0.15) is 61.3 Å². The first-order valence-corrected chi connectivity index (χ1v) is 10.9. The average Bonchev–Trinajstić information content (AvgIpc) is 2.93. The predicted molar refractivity (Wildman–Crippen MR) is 111 cm³/mol. The van der Waals surface area contributed by atoms with E-state index in [0.29, 0.717) is 30.2 Å². The van der Waals surface area contributed by atoms with Crippen LogP contribution < -0.4 is 5.32 Å². The van der Waals surface area contributed by atoms with Crippen LogP contribution in [-0.4, -0.2) is 94.9 Å². The third-order valence-electron chi connectivity index (χ3n) is 6.57. The molecule has 0 bridgehead atoms. The molecule has 0 aromatic heterocycles. The molecule has 5 heteroatoms. The number of rotatable bonds is 8. The van der Waals surface area contributed by atoms with Crippen LogP contribution in [0.4, 0.5) is 0 Å². The van der Waals surface area contributed by atoms with Gasteiger partial charge in [0.05, 0.1) is 6.10 Å². The summed E-state index contributed by atoms with van der Waals surface area (Å²) in [5.74, 6) is 0. The van der Waals surface area contributed by atoms with Crippen LogP contribution in [0.2, 0.25) is 0 Å². The normalized spacial score (nSPS) is 31.8. The summed E-state index contributed by atoms with van der Waals surface area (Å²) in [5, 5.41) is 14.0. The number of nitrogens with one attached hydrogen (secondary N) is 1. The highest BCUT2D eigenvalue weighted by Crippen LogP contribution is 2.19. The molecule has 2 aliphatic rings. The molecule has 154 valence electrons. The molecule has 0 aromatic carbocycles. The lowest BCUT2D eigenvalue weighted by Gasteiger charge is -2.44. The summed E-state index contributed by atoms with van der Waals surface area (Å²) in [7, 11) is 0. The van der Waals surface area contributed by atoms with Gasteiger partial charge in [0.15, 0.2) is 0 Å². The van der Waals surface area contributed by atoms with Crippen molar-refractivity contribution in [2.45, 2.75) is 104 Å². The standard InChI is InChI=1S/C21H44N4O/c1-15(2)23-10-11-25(19(7)12-23)18(6)9-8-17(5)22-20-13-24(16(3)4)14-21(20)26/h15-22,26H,8-14H2,1-7H3/t17?,18?,19?,20-,21-/m0/s1. The van der Waals surface area contributed by atoms with Gasteiger partial charge in [-0.1, -0.05) is 0 Å². The van der Waals surface area contributed by atoms with Crippen molar-refractivity contribution in [1.29, 1.82) is 0 Å². The third-order valence-corrected chi connectivity index (χ3v) is 6.57. The first kappa shape index (κ1) is 22.1. The highest BCUT2D eigenvalue weighted by atomic mass is 16.3. The monoisotopic (exact) mass is 368 g/mol. The maximum atomic E-state index is 10.3. The Labute approximate surface area is 162 Å². The molecule has 2 rings (SSSR count). The molecule has 0 aromatic rings. The summed E-state index contributed by atoms with van der Waals surface area (Å²) in [6, 6.07) is 3.11. The fraction of sp³-hybridized carbons (Fsp3) is 1.00. The van der Waals surface area contributed by atoms with Gasteiger partial charge >= 0.3 is 0 Å². The first-order valence-electron chi connectivity index (χ1n) is 10.9. The molecule has 0 spiro atoms. The van der Waals surface area contributed by atoms with Gasteiger partial charge in [-0.25, -0.2) is 0 Å². The molecule has 2 aliphatic heterocycles. The van der Waals surface area contributed by atoms with Gasteiger partial charge in [0.1, 0.15) is 0 Å². The van der Waals surface area contributed by atoms with Crippen molar-refractivity contribution >= 4 is 0 Å². The summed E-state index contributed by atoms with van der Waals surface area (Å²) < 4.78 is 0. The van der Waals surface area contributed by atoms with Crippen molar-refractivity contribution in [3.05, 3.63) is 0 Å². The van der Waals surface area contributed by atoms with Gasteiger partial charge in [0.25, 0.3) is 0 Å². The molecule has 2 fully saturated rings. The minimum absolute atomic E-state index is 0.219. The Morgan fingerprint density at radius 1 is 0.885 bits per heavy atom. The summed E-state index contributed by atoms with van der Waals surface area (Å²) in [5.41, 5.74) is 0. The van der Waals surface area contributed by atoms with Crippen LogP contribution in [0.3, 0.4) is 0 Å². The number of β-amino-alcohol motifs (C(OH)–C–C–N with tert-alkyl or cyclic N) is 1. The van der Waals surface area contributed by atoms with E-state index in [-0.39, 0.29) is 12.1 Å². The summed E-state index contributed by atoms with van der Waals surface area (Å²) in [6.45, 7) is 21.4. The average molecular weight is 369 g/mol. The molecular formula is C21H44N4O. The number of hydrogen-bond donors (Lipinski definition) is 2. The predicted octanol–water partition coefficient (Wildman–Crippen LogP) is 2.00. The zero-order valence-corrected chi connectivity index (χ0v) is 18.3. The highest BCUT2D eigenvalue weighted by Gasteiger charge is 2.33. The lowest BCUT2D eigenvalue weighted by molar-refractivity contribution is 0.0359. The largest absolute Gasteiger partial charge is 0.390 e. The molecule has 0 saturated carbocycles. The second kappa shape index (κ2) is 9.83. The van der Waals surface area contributed by atoms with Crippen LogP contribution in [0, 0.1) is 0 Å². The van der Waals surface area contributed by atoms with E-state index in [0.717, 1.165) is 13.1 Å². The van der Waals surface area contributed by atoms with Crippen LogP contribution in [0.5, 0.6) is 0 Å². The van der Waals surface area contributed by atoms with E-state index in [1.807, 2.05) is 0 Å². The topological polar surface area (TPSA) is 42.0 Å². The number of aliphatic hydroxyl groups is 1. The number of nitrogens with zero attached hydrogens (tertiary/aromatic N) is 3. The van der Waals surface area contributed by atoms with Crippen molar-refractivity contribution in [2.24, 2.45) is 0 Å². The third kappa shape index (κ3) is 5.90.